The highest BCUT2D eigenvalue weighted by Crippen LogP contribution is 2.36. The van der Waals surface area contributed by atoms with Gasteiger partial charge in [-0.2, -0.15) is 0 Å². The molecule has 0 saturated heterocycles. The molecule has 5 nitrogen and oxygen atoms in total. The first-order valence-corrected chi connectivity index (χ1v) is 12.3. The van der Waals surface area contributed by atoms with E-state index in [2.05, 4.69) is 10.8 Å². The van der Waals surface area contributed by atoms with Gasteiger partial charge in [-0.3, -0.25) is 0 Å². The molecule has 2 aromatic rings. The second-order valence-electron chi connectivity index (χ2n) is 8.47. The van der Waals surface area contributed by atoms with Gasteiger partial charge in [-0.05, 0) is 79.0 Å². The minimum atomic E-state index is -3.22. The molecule has 2 unspecified atom stereocenters. The Balaban J connectivity index is 1.40. The molecule has 0 spiro atoms. The largest absolute Gasteiger partial charge is 0.492 e. The molecule has 0 bridgehead atoms. The van der Waals surface area contributed by atoms with Gasteiger partial charge in [0.1, 0.15) is 18.2 Å². The number of aryl methyl sites for hydroxylation is 1. The molecule has 3 N–H and O–H groups in total. The van der Waals surface area contributed by atoms with Crippen molar-refractivity contribution in [3.63, 3.8) is 0 Å². The number of rotatable bonds is 9. The van der Waals surface area contributed by atoms with Crippen LogP contribution in [0.1, 0.15) is 41.9 Å². The maximum Gasteiger partial charge on any atom is 0.211 e. The van der Waals surface area contributed by atoms with E-state index in [1.54, 1.807) is 12.1 Å². The molecule has 2 atom stereocenters. The molecule has 2 aliphatic carbocycles. The molecule has 0 aromatic heterocycles. The van der Waals surface area contributed by atoms with Gasteiger partial charge in [-0.25, -0.2) is 17.5 Å². The summed E-state index contributed by atoms with van der Waals surface area (Å²) in [6.07, 6.45) is 4.50. The fraction of sp³-hybridized carbons (Fsp3) is 0.478. The summed E-state index contributed by atoms with van der Waals surface area (Å²) in [6, 6.07) is 12.7. The van der Waals surface area contributed by atoms with Gasteiger partial charge in [0.05, 0.1) is 5.75 Å². The highest BCUT2D eigenvalue weighted by molar-refractivity contribution is 7.89. The Kier molecular flexibility index (Phi) is 6.41. The van der Waals surface area contributed by atoms with E-state index in [9.17, 15) is 12.8 Å². The molecular weight excluding hydrogens is 403 g/mol. The van der Waals surface area contributed by atoms with Crippen molar-refractivity contribution in [2.45, 2.75) is 44.1 Å². The van der Waals surface area contributed by atoms with Crippen molar-refractivity contribution in [3.8, 4) is 5.75 Å². The maximum absolute atomic E-state index is 13.6. The van der Waals surface area contributed by atoms with Crippen molar-refractivity contribution in [3.05, 3.63) is 65.0 Å². The number of nitrogens with one attached hydrogen (secondary N) is 1. The first kappa shape index (κ1) is 21.3. The van der Waals surface area contributed by atoms with Crippen LogP contribution in [0.4, 0.5) is 4.39 Å². The topological polar surface area (TPSA) is 81.4 Å². The van der Waals surface area contributed by atoms with Gasteiger partial charge in [0.2, 0.25) is 10.0 Å². The fourth-order valence-corrected chi connectivity index (χ4v) is 5.65. The Morgan fingerprint density at radius 1 is 1.13 bits per heavy atom. The highest BCUT2D eigenvalue weighted by atomic mass is 32.2. The highest BCUT2D eigenvalue weighted by Gasteiger charge is 2.29. The van der Waals surface area contributed by atoms with Crippen molar-refractivity contribution in [1.82, 2.24) is 4.72 Å². The molecular formula is C23H29FN2O3S. The van der Waals surface area contributed by atoms with Crippen LogP contribution >= 0.6 is 0 Å². The van der Waals surface area contributed by atoms with E-state index in [1.807, 2.05) is 18.2 Å². The van der Waals surface area contributed by atoms with Crippen molar-refractivity contribution in [2.24, 2.45) is 11.7 Å². The van der Waals surface area contributed by atoms with Crippen molar-refractivity contribution in [2.75, 3.05) is 18.9 Å². The third-order valence-electron chi connectivity index (χ3n) is 5.97. The molecule has 1 fully saturated rings. The van der Waals surface area contributed by atoms with Crippen LogP contribution in [0.3, 0.4) is 0 Å². The van der Waals surface area contributed by atoms with Gasteiger partial charge in [0.15, 0.2) is 0 Å². The van der Waals surface area contributed by atoms with Crippen molar-refractivity contribution < 1.29 is 17.5 Å². The van der Waals surface area contributed by atoms with Crippen molar-refractivity contribution in [1.29, 1.82) is 0 Å². The Morgan fingerprint density at radius 3 is 2.73 bits per heavy atom. The zero-order valence-corrected chi connectivity index (χ0v) is 17.8. The summed E-state index contributed by atoms with van der Waals surface area (Å²) >= 11 is 0. The summed E-state index contributed by atoms with van der Waals surface area (Å²) in [7, 11) is -3.22. The average molecular weight is 433 g/mol. The van der Waals surface area contributed by atoms with Crippen LogP contribution in [0.2, 0.25) is 0 Å². The average Bonchev–Trinajstić information content (AvgIpc) is 3.51. The van der Waals surface area contributed by atoms with Gasteiger partial charge < -0.3 is 10.5 Å². The van der Waals surface area contributed by atoms with E-state index in [1.165, 1.54) is 11.6 Å². The SMILES string of the molecule is NC1CCc2ccc(OCCNS(=O)(=O)CC3CC3)cc2C1Cc1cccc(F)c1. The van der Waals surface area contributed by atoms with E-state index in [0.29, 0.717) is 18.1 Å². The molecule has 1 saturated carbocycles. The summed E-state index contributed by atoms with van der Waals surface area (Å²) in [5.41, 5.74) is 9.75. The molecule has 7 heteroatoms. The van der Waals surface area contributed by atoms with Gasteiger partial charge in [-0.1, -0.05) is 18.2 Å². The lowest BCUT2D eigenvalue weighted by Gasteiger charge is -2.32. The minimum Gasteiger partial charge on any atom is -0.492 e. The molecule has 0 heterocycles. The van der Waals surface area contributed by atoms with E-state index < -0.39 is 10.0 Å². The third-order valence-corrected chi connectivity index (χ3v) is 7.52. The lowest BCUT2D eigenvalue weighted by atomic mass is 9.76. The molecule has 4 rings (SSSR count). The number of sulfonamides is 1. The number of benzene rings is 2. The zero-order chi connectivity index (χ0) is 21.1. The van der Waals surface area contributed by atoms with Gasteiger partial charge in [0, 0.05) is 18.5 Å². The smallest absolute Gasteiger partial charge is 0.211 e. The van der Waals surface area contributed by atoms with Crippen LogP contribution in [0.5, 0.6) is 5.75 Å². The molecule has 2 aliphatic rings. The summed E-state index contributed by atoms with van der Waals surface area (Å²) < 4.78 is 45.9. The number of nitrogens with two attached hydrogens (primary N) is 1. The second-order valence-corrected chi connectivity index (χ2v) is 10.3. The molecule has 0 radical (unpaired) electrons. The molecule has 0 amide bonds. The van der Waals surface area contributed by atoms with Gasteiger partial charge in [0.25, 0.3) is 0 Å². The number of halogens is 1. The Hall–Kier alpha value is -1.96. The summed E-state index contributed by atoms with van der Waals surface area (Å²) in [5, 5.41) is 0. The first-order chi connectivity index (χ1) is 14.4. The quantitative estimate of drug-likeness (QED) is 0.597. The number of hydrogen-bond acceptors (Lipinski definition) is 4. The van der Waals surface area contributed by atoms with Crippen LogP contribution in [0, 0.1) is 11.7 Å². The maximum atomic E-state index is 13.6. The van der Waals surface area contributed by atoms with Crippen molar-refractivity contribution >= 4 is 10.0 Å². The van der Waals surface area contributed by atoms with Crippen LogP contribution < -0.4 is 15.2 Å². The summed E-state index contributed by atoms with van der Waals surface area (Å²) in [5.74, 6) is 1.09. The second kappa shape index (κ2) is 9.04. The third kappa shape index (κ3) is 5.59. The summed E-state index contributed by atoms with van der Waals surface area (Å²) in [6.45, 7) is 0.516. The first-order valence-electron chi connectivity index (χ1n) is 10.6. The fourth-order valence-electron chi connectivity index (χ4n) is 4.19. The predicted molar refractivity (Wildman–Crippen MR) is 116 cm³/mol. The normalized spacial score (nSPS) is 21.3. The van der Waals surface area contributed by atoms with E-state index in [4.69, 9.17) is 10.5 Å². The molecule has 30 heavy (non-hydrogen) atoms. The predicted octanol–water partition coefficient (Wildman–Crippen LogP) is 3.13. The lowest BCUT2D eigenvalue weighted by molar-refractivity contribution is 0.321. The van der Waals surface area contributed by atoms with Crippen LogP contribution in [-0.4, -0.2) is 33.4 Å². The Bertz CT molecular complexity index is 992. The number of fused-ring (bicyclic) bond motifs is 1. The monoisotopic (exact) mass is 432 g/mol. The van der Waals surface area contributed by atoms with Crippen LogP contribution in [0.25, 0.3) is 0 Å². The number of hydrogen-bond donors (Lipinski definition) is 2. The molecule has 162 valence electrons. The van der Waals surface area contributed by atoms with E-state index >= 15 is 0 Å². The van der Waals surface area contributed by atoms with Gasteiger partial charge in [-0.15, -0.1) is 0 Å². The Labute approximate surface area is 177 Å². The molecule has 0 aliphatic heterocycles. The lowest BCUT2D eigenvalue weighted by Crippen LogP contribution is -2.34. The number of ether oxygens (including phenoxy) is 1. The van der Waals surface area contributed by atoms with Crippen LogP contribution in [0.15, 0.2) is 42.5 Å². The minimum absolute atomic E-state index is 0.00486. The van der Waals surface area contributed by atoms with E-state index in [-0.39, 0.29) is 36.7 Å². The van der Waals surface area contributed by atoms with Gasteiger partial charge >= 0.3 is 0 Å². The Morgan fingerprint density at radius 2 is 1.97 bits per heavy atom. The van der Waals surface area contributed by atoms with Crippen LogP contribution in [-0.2, 0) is 22.9 Å². The van der Waals surface area contributed by atoms with E-state index in [0.717, 1.165) is 36.8 Å². The zero-order valence-electron chi connectivity index (χ0n) is 17.0. The molecule has 2 aromatic carbocycles. The summed E-state index contributed by atoms with van der Waals surface area (Å²) in [4.78, 5) is 0. The standard InChI is InChI=1S/C23H29FN2O3S/c24-19-3-1-2-17(12-19)13-22-21-14-20(8-6-18(21)7-9-23(22)25)29-11-10-26-30(27,28)15-16-4-5-16/h1-3,6,8,12,14,16,22-23,26H,4-5,7,9-11,13,15,25H2.